The Morgan fingerprint density at radius 3 is 1.71 bits per heavy atom. The third-order valence-corrected chi connectivity index (χ3v) is 10.0. The van der Waals surface area contributed by atoms with E-state index < -0.39 is 0 Å². The van der Waals surface area contributed by atoms with Gasteiger partial charge in [0.25, 0.3) is 0 Å². The largest absolute Gasteiger partial charge is 0.377 e. The third-order valence-electron chi connectivity index (χ3n) is 8.30. The molecule has 6 nitrogen and oxygen atoms in total. The van der Waals surface area contributed by atoms with Crippen molar-refractivity contribution in [3.05, 3.63) is 0 Å². The lowest BCUT2D eigenvalue weighted by Crippen LogP contribution is -2.66. The molecule has 4 aliphatic carbocycles. The molecule has 8 atom stereocenters. The predicted octanol–water partition coefficient (Wildman–Crippen LogP) is 3.98. The molecule has 7 heteroatoms. The summed E-state index contributed by atoms with van der Waals surface area (Å²) in [5.74, 6) is 2.57. The van der Waals surface area contributed by atoms with Crippen LogP contribution in [-0.4, -0.2) is 74.8 Å². The van der Waals surface area contributed by atoms with Gasteiger partial charge in [0.05, 0.1) is 71.2 Å². The fourth-order valence-corrected chi connectivity index (χ4v) is 8.42. The molecule has 0 bridgehead atoms. The lowest BCUT2D eigenvalue weighted by atomic mass is 9.61. The second kappa shape index (κ2) is 10.8. The smallest absolute Gasteiger partial charge is 0.148 e. The topological polar surface area (TPSA) is 55.4 Å². The van der Waals surface area contributed by atoms with E-state index in [0.717, 1.165) is 0 Å². The first kappa shape index (κ1) is 23.2. The number of halogens is 1. The van der Waals surface area contributed by atoms with Crippen LogP contribution in [-0.2, 0) is 28.4 Å². The van der Waals surface area contributed by atoms with Gasteiger partial charge in [0.2, 0.25) is 0 Å². The van der Waals surface area contributed by atoms with Crippen LogP contribution in [0.15, 0.2) is 0 Å². The van der Waals surface area contributed by atoms with Gasteiger partial charge in [0.15, 0.2) is 0 Å². The summed E-state index contributed by atoms with van der Waals surface area (Å²) in [6, 6.07) is 0. The van der Waals surface area contributed by atoms with Gasteiger partial charge in [-0.05, 0) is 66.0 Å². The van der Waals surface area contributed by atoms with Crippen LogP contribution in [0.25, 0.3) is 0 Å². The number of fused-ring (bicyclic) bond motifs is 8. The van der Waals surface area contributed by atoms with Crippen LogP contribution in [0.3, 0.4) is 0 Å². The van der Waals surface area contributed by atoms with Crippen molar-refractivity contribution in [2.75, 3.05) is 52.9 Å². The van der Waals surface area contributed by atoms with Gasteiger partial charge < -0.3 is 28.4 Å². The second-order valence-electron chi connectivity index (χ2n) is 9.90. The van der Waals surface area contributed by atoms with E-state index in [0.29, 0.717) is 76.5 Å². The standard InChI is InChI=1S/C24H39IO6/c25-24-20-8-4-3-7-19(20)23(24)30-15-11-26-9-13-28-21-17-5-1-2-6-18(17)22(21)29-14-10-27-12-16-31-24/h17-23H,1-16H2. The Morgan fingerprint density at radius 2 is 1.06 bits per heavy atom. The molecule has 0 aromatic carbocycles. The Hall–Kier alpha value is 0.490. The SMILES string of the molecule is IC12OCCOCCOC3C4CCCCC4C3OCCOCCOC1C1CCCCC12. The van der Waals surface area contributed by atoms with Crippen molar-refractivity contribution in [1.29, 1.82) is 0 Å². The van der Waals surface area contributed by atoms with Gasteiger partial charge >= 0.3 is 0 Å². The van der Waals surface area contributed by atoms with Gasteiger partial charge in [-0.25, -0.2) is 0 Å². The summed E-state index contributed by atoms with van der Waals surface area (Å²) < 4.78 is 36.7. The van der Waals surface area contributed by atoms with Gasteiger partial charge in [-0.3, -0.25) is 0 Å². The zero-order valence-electron chi connectivity index (χ0n) is 18.7. The maximum absolute atomic E-state index is 6.40. The van der Waals surface area contributed by atoms with Gasteiger partial charge in [0, 0.05) is 5.92 Å². The number of ether oxygens (including phenoxy) is 6. The van der Waals surface area contributed by atoms with E-state index in [2.05, 4.69) is 22.6 Å². The first-order valence-electron chi connectivity index (χ1n) is 12.6. The quantitative estimate of drug-likeness (QED) is 0.336. The second-order valence-corrected chi connectivity index (χ2v) is 11.6. The molecule has 0 amide bonds. The van der Waals surface area contributed by atoms with Crippen molar-refractivity contribution in [2.24, 2.45) is 23.7 Å². The lowest BCUT2D eigenvalue weighted by Gasteiger charge is -2.59. The zero-order chi connectivity index (χ0) is 21.1. The highest BCUT2D eigenvalue weighted by molar-refractivity contribution is 14.1. The highest BCUT2D eigenvalue weighted by Crippen LogP contribution is 2.58. The van der Waals surface area contributed by atoms with E-state index in [9.17, 15) is 0 Å². The molecule has 0 N–H and O–H groups in total. The Bertz CT molecular complexity index is 578. The lowest BCUT2D eigenvalue weighted by molar-refractivity contribution is -0.237. The molecule has 0 radical (unpaired) electrons. The normalized spacial score (nSPS) is 47.7. The molecule has 1 saturated heterocycles. The Kier molecular flexibility index (Phi) is 8.12. The summed E-state index contributed by atoms with van der Waals surface area (Å²) >= 11 is 2.52. The molecule has 1 aliphatic heterocycles. The molecule has 178 valence electrons. The average Bonchev–Trinajstić information content (AvgIpc) is 2.79. The van der Waals surface area contributed by atoms with E-state index >= 15 is 0 Å². The van der Waals surface area contributed by atoms with Gasteiger partial charge in [-0.15, -0.1) is 0 Å². The Balaban J connectivity index is 1.15. The Labute approximate surface area is 200 Å². The monoisotopic (exact) mass is 550 g/mol. The molecule has 8 unspecified atom stereocenters. The van der Waals surface area contributed by atoms with Gasteiger partial charge in [0.1, 0.15) is 3.61 Å². The fraction of sp³-hybridized carbons (Fsp3) is 1.00. The molecule has 31 heavy (non-hydrogen) atoms. The summed E-state index contributed by atoms with van der Waals surface area (Å²) in [4.78, 5) is 0. The number of hydrogen-bond acceptors (Lipinski definition) is 6. The van der Waals surface area contributed by atoms with Crippen LogP contribution in [0.5, 0.6) is 0 Å². The summed E-state index contributed by atoms with van der Waals surface area (Å²) in [6.45, 7) is 4.97. The van der Waals surface area contributed by atoms with Crippen LogP contribution in [0.1, 0.15) is 51.4 Å². The van der Waals surface area contributed by atoms with E-state index in [4.69, 9.17) is 28.4 Å². The molecule has 5 aliphatic rings. The predicted molar refractivity (Wildman–Crippen MR) is 124 cm³/mol. The number of alkyl halides is 1. The third kappa shape index (κ3) is 4.84. The number of rotatable bonds is 0. The van der Waals surface area contributed by atoms with E-state index in [-0.39, 0.29) is 21.9 Å². The first-order valence-corrected chi connectivity index (χ1v) is 13.7. The minimum absolute atomic E-state index is 0.166. The maximum Gasteiger partial charge on any atom is 0.148 e. The van der Waals surface area contributed by atoms with Crippen molar-refractivity contribution in [2.45, 2.75) is 73.3 Å². The molecule has 4 saturated carbocycles. The molecule has 0 spiro atoms. The van der Waals surface area contributed by atoms with E-state index in [1.165, 1.54) is 51.4 Å². The highest BCUT2D eigenvalue weighted by Gasteiger charge is 2.62. The summed E-state index contributed by atoms with van der Waals surface area (Å²) in [5.41, 5.74) is 0. The molecule has 5 rings (SSSR count). The summed E-state index contributed by atoms with van der Waals surface area (Å²) in [7, 11) is 0. The van der Waals surface area contributed by atoms with Crippen LogP contribution in [0.4, 0.5) is 0 Å². The zero-order valence-corrected chi connectivity index (χ0v) is 20.8. The first-order chi connectivity index (χ1) is 15.3. The number of hydrogen-bond donors (Lipinski definition) is 0. The van der Waals surface area contributed by atoms with Crippen LogP contribution >= 0.6 is 22.6 Å². The minimum Gasteiger partial charge on any atom is -0.377 e. The molecule has 0 aromatic rings. The van der Waals surface area contributed by atoms with Crippen molar-refractivity contribution in [3.63, 3.8) is 0 Å². The highest BCUT2D eigenvalue weighted by atomic mass is 127. The molecule has 0 aromatic heterocycles. The van der Waals surface area contributed by atoms with Crippen molar-refractivity contribution in [3.8, 4) is 0 Å². The summed E-state index contributed by atoms with van der Waals surface area (Å²) in [5, 5.41) is 0. The van der Waals surface area contributed by atoms with Crippen molar-refractivity contribution in [1.82, 2.24) is 0 Å². The molecular weight excluding hydrogens is 511 g/mol. The maximum atomic E-state index is 6.40. The molecular formula is C24H39IO6. The van der Waals surface area contributed by atoms with Crippen molar-refractivity contribution >= 4 is 22.6 Å². The van der Waals surface area contributed by atoms with Crippen LogP contribution in [0.2, 0.25) is 0 Å². The molecule has 5 fully saturated rings. The van der Waals surface area contributed by atoms with Crippen molar-refractivity contribution < 1.29 is 28.4 Å². The van der Waals surface area contributed by atoms with E-state index in [1.807, 2.05) is 0 Å². The van der Waals surface area contributed by atoms with Gasteiger partial charge in [-0.2, -0.15) is 0 Å². The Morgan fingerprint density at radius 1 is 0.548 bits per heavy atom. The molecule has 1 heterocycles. The summed E-state index contributed by atoms with van der Waals surface area (Å²) in [6.07, 6.45) is 11.0. The van der Waals surface area contributed by atoms with Crippen LogP contribution in [0, 0.1) is 23.7 Å². The average molecular weight is 550 g/mol. The van der Waals surface area contributed by atoms with Crippen LogP contribution < -0.4 is 0 Å². The van der Waals surface area contributed by atoms with E-state index in [1.54, 1.807) is 0 Å². The minimum atomic E-state index is -0.216. The van der Waals surface area contributed by atoms with Gasteiger partial charge in [-0.1, -0.05) is 25.7 Å². The fourth-order valence-electron chi connectivity index (χ4n) is 6.79.